The van der Waals surface area contributed by atoms with Gasteiger partial charge in [-0.25, -0.2) is 9.13 Å². The molecule has 5 heteroatoms. The molecule has 4 aromatic rings. The highest BCUT2D eigenvalue weighted by atomic mass is 79.9. The van der Waals surface area contributed by atoms with Crippen LogP contribution in [-0.2, 0) is 19.5 Å². The van der Waals surface area contributed by atoms with E-state index in [0.717, 1.165) is 52.0 Å². The summed E-state index contributed by atoms with van der Waals surface area (Å²) in [6.45, 7) is 1.35. The minimum Gasteiger partial charge on any atom is -1.00 e. The van der Waals surface area contributed by atoms with Crippen LogP contribution in [0.3, 0.4) is 0 Å². The van der Waals surface area contributed by atoms with Gasteiger partial charge in [0.1, 0.15) is 6.20 Å². The number of fused-ring (bicyclic) bond motifs is 2. The zero-order valence-corrected chi connectivity index (χ0v) is 18.2. The molecule has 3 nitrogen and oxygen atoms in total. The van der Waals surface area contributed by atoms with Crippen molar-refractivity contribution in [1.29, 1.82) is 0 Å². The summed E-state index contributed by atoms with van der Waals surface area (Å²) in [5.74, 6) is 1.36. The number of carbonyl (C=O) groups is 1. The zero-order chi connectivity index (χ0) is 19.1. The van der Waals surface area contributed by atoms with E-state index in [-0.39, 0.29) is 22.8 Å². The molecule has 29 heavy (non-hydrogen) atoms. The lowest BCUT2D eigenvalue weighted by atomic mass is 10.0. The first-order chi connectivity index (χ1) is 13.7. The molecule has 1 aliphatic heterocycles. The molecule has 0 radical (unpaired) electrons. The molecule has 146 valence electrons. The van der Waals surface area contributed by atoms with E-state index in [2.05, 4.69) is 15.3 Å². The Morgan fingerprint density at radius 3 is 2.59 bits per heavy atom. The van der Waals surface area contributed by atoms with Crippen LogP contribution in [0.15, 0.2) is 72.9 Å². The smallest absolute Gasteiger partial charge is 0.257 e. The molecule has 0 bridgehead atoms. The third kappa shape index (κ3) is 3.63. The van der Waals surface area contributed by atoms with Crippen molar-refractivity contribution >= 4 is 28.2 Å². The number of hydrogen-bond acceptors (Lipinski definition) is 1. The van der Waals surface area contributed by atoms with Gasteiger partial charge in [-0.1, -0.05) is 54.1 Å². The molecule has 0 fully saturated rings. The number of hydrogen-bond donors (Lipinski definition) is 0. The molecule has 0 unspecified atom stereocenters. The number of Topliss-reactive ketones (excluding diaryl/α,β-unsaturated/α-hetero) is 1. The van der Waals surface area contributed by atoms with Crippen molar-refractivity contribution in [3.05, 3.63) is 89.3 Å². The van der Waals surface area contributed by atoms with Crippen molar-refractivity contribution < 1.29 is 26.3 Å². The van der Waals surface area contributed by atoms with Gasteiger partial charge in [0.15, 0.2) is 12.2 Å². The molecule has 3 aromatic carbocycles. The quantitative estimate of drug-likeness (QED) is 0.333. The van der Waals surface area contributed by atoms with Gasteiger partial charge in [0.05, 0.1) is 13.0 Å². The van der Waals surface area contributed by atoms with E-state index in [0.29, 0.717) is 6.54 Å². The second kappa shape index (κ2) is 8.13. The number of carbonyl (C=O) groups excluding carboxylic acids is 1. The molecular formula is C24H20BrClN2O. The average molecular weight is 468 g/mol. The van der Waals surface area contributed by atoms with Crippen LogP contribution < -0.4 is 21.5 Å². The van der Waals surface area contributed by atoms with Gasteiger partial charge in [-0.3, -0.25) is 4.79 Å². The van der Waals surface area contributed by atoms with Gasteiger partial charge in [0.25, 0.3) is 5.82 Å². The van der Waals surface area contributed by atoms with Crippen molar-refractivity contribution in [3.8, 4) is 11.3 Å². The predicted octanol–water partition coefficient (Wildman–Crippen LogP) is 2.08. The number of ketones is 1. The lowest BCUT2D eigenvalue weighted by molar-refractivity contribution is -0.689. The fourth-order valence-electron chi connectivity index (χ4n) is 4.21. The average Bonchev–Trinajstić information content (AvgIpc) is 3.32. The lowest BCUT2D eigenvalue weighted by Crippen LogP contribution is -3.00. The normalized spacial score (nSPS) is 12.6. The van der Waals surface area contributed by atoms with Crippen LogP contribution in [0.5, 0.6) is 0 Å². The number of halogens is 2. The summed E-state index contributed by atoms with van der Waals surface area (Å²) in [5, 5.41) is 2.85. The first-order valence-corrected chi connectivity index (χ1v) is 9.97. The second-order valence-electron chi connectivity index (χ2n) is 7.27. The van der Waals surface area contributed by atoms with Gasteiger partial charge in [-0.05, 0) is 41.5 Å². The first-order valence-electron chi connectivity index (χ1n) is 9.59. The maximum Gasteiger partial charge on any atom is 0.257 e. The summed E-state index contributed by atoms with van der Waals surface area (Å²) < 4.78 is 4.46. The highest BCUT2D eigenvalue weighted by Crippen LogP contribution is 2.26. The van der Waals surface area contributed by atoms with Crippen LogP contribution in [0.4, 0.5) is 0 Å². The third-order valence-electron chi connectivity index (χ3n) is 5.54. The monoisotopic (exact) mass is 466 g/mol. The molecule has 0 saturated heterocycles. The molecule has 5 rings (SSSR count). The van der Waals surface area contributed by atoms with E-state index >= 15 is 0 Å². The molecule has 1 aromatic heterocycles. The lowest BCUT2D eigenvalue weighted by Gasteiger charge is -2.05. The van der Waals surface area contributed by atoms with Crippen molar-refractivity contribution in [3.63, 3.8) is 0 Å². The van der Waals surface area contributed by atoms with Crippen LogP contribution in [0, 0.1) is 0 Å². The SMILES string of the molecule is O=C(C[n+]1cc(-c2ccc(Cl)cc2)n2c1CCC2)c1cccc2ccccc12.[Br-]. The van der Waals surface area contributed by atoms with E-state index in [1.165, 1.54) is 5.82 Å². The highest BCUT2D eigenvalue weighted by Gasteiger charge is 2.30. The minimum atomic E-state index is 0. The van der Waals surface area contributed by atoms with Gasteiger partial charge >= 0.3 is 0 Å². The van der Waals surface area contributed by atoms with Gasteiger partial charge < -0.3 is 17.0 Å². The third-order valence-corrected chi connectivity index (χ3v) is 5.79. The highest BCUT2D eigenvalue weighted by molar-refractivity contribution is 6.30. The topological polar surface area (TPSA) is 25.9 Å². The zero-order valence-electron chi connectivity index (χ0n) is 15.8. The molecule has 0 amide bonds. The molecule has 0 atom stereocenters. The van der Waals surface area contributed by atoms with Crippen molar-refractivity contribution in [2.75, 3.05) is 0 Å². The fourth-order valence-corrected chi connectivity index (χ4v) is 4.33. The largest absolute Gasteiger partial charge is 1.00 e. The van der Waals surface area contributed by atoms with Gasteiger partial charge in [-0.2, -0.15) is 0 Å². The van der Waals surface area contributed by atoms with Crippen molar-refractivity contribution in [1.82, 2.24) is 4.57 Å². The Bertz CT molecular complexity index is 1190. The molecule has 0 saturated carbocycles. The summed E-state index contributed by atoms with van der Waals surface area (Å²) in [6, 6.07) is 21.9. The van der Waals surface area contributed by atoms with E-state index in [4.69, 9.17) is 11.6 Å². The Balaban J connectivity index is 0.00000205. The number of nitrogens with zero attached hydrogens (tertiary/aromatic N) is 2. The summed E-state index contributed by atoms with van der Waals surface area (Å²) in [7, 11) is 0. The van der Waals surface area contributed by atoms with Crippen LogP contribution in [0.25, 0.3) is 22.0 Å². The van der Waals surface area contributed by atoms with E-state index < -0.39 is 0 Å². The van der Waals surface area contributed by atoms with Crippen molar-refractivity contribution in [2.24, 2.45) is 0 Å². The van der Waals surface area contributed by atoms with Crippen LogP contribution in [0.1, 0.15) is 22.6 Å². The summed E-state index contributed by atoms with van der Waals surface area (Å²) >= 11 is 6.05. The standard InChI is InChI=1S/C24H20ClN2O.BrH/c25-19-12-10-18(11-13-19)22-15-26(24-9-4-14-27(22)24)16-23(28)21-8-3-6-17-5-1-2-7-20(17)21;/h1-3,5-8,10-13,15H,4,9,14,16H2;1H/q+1;/p-1. The van der Waals surface area contributed by atoms with E-state index in [1.54, 1.807) is 0 Å². The maximum atomic E-state index is 13.2. The second-order valence-corrected chi connectivity index (χ2v) is 7.71. The minimum absolute atomic E-state index is 0. The Morgan fingerprint density at radius 2 is 1.76 bits per heavy atom. The fraction of sp³-hybridized carbons (Fsp3) is 0.167. The molecule has 0 N–H and O–H groups in total. The van der Waals surface area contributed by atoms with Crippen LogP contribution >= 0.6 is 11.6 Å². The number of imidazole rings is 1. The van der Waals surface area contributed by atoms with Gasteiger partial charge in [0, 0.05) is 16.1 Å². The van der Waals surface area contributed by atoms with Gasteiger partial charge in [-0.15, -0.1) is 0 Å². The molecule has 0 aliphatic carbocycles. The number of aromatic nitrogens is 2. The molecule has 1 aliphatic rings. The number of benzene rings is 3. The van der Waals surface area contributed by atoms with E-state index in [1.807, 2.05) is 66.7 Å². The van der Waals surface area contributed by atoms with Gasteiger partial charge in [0.2, 0.25) is 5.78 Å². The van der Waals surface area contributed by atoms with Crippen LogP contribution in [-0.4, -0.2) is 10.4 Å². The molecular weight excluding hydrogens is 448 g/mol. The molecule has 0 spiro atoms. The summed E-state index contributed by atoms with van der Waals surface area (Å²) in [4.78, 5) is 13.2. The Morgan fingerprint density at radius 1 is 1.00 bits per heavy atom. The van der Waals surface area contributed by atoms with E-state index in [9.17, 15) is 4.79 Å². The Labute approximate surface area is 185 Å². The maximum absolute atomic E-state index is 13.2. The Hall–Kier alpha value is -2.43. The molecule has 2 heterocycles. The van der Waals surface area contributed by atoms with Crippen LogP contribution in [0.2, 0.25) is 5.02 Å². The summed E-state index contributed by atoms with van der Waals surface area (Å²) in [6.07, 6.45) is 4.22. The number of rotatable bonds is 4. The van der Waals surface area contributed by atoms with Crippen molar-refractivity contribution in [2.45, 2.75) is 25.9 Å². The predicted molar refractivity (Wildman–Crippen MR) is 112 cm³/mol. The summed E-state index contributed by atoms with van der Waals surface area (Å²) in [5.41, 5.74) is 3.07. The first kappa shape index (κ1) is 19.9. The Kier molecular flexibility index (Phi) is 5.57.